The Bertz CT molecular complexity index is 235. The molecule has 1 heterocycles. The van der Waals surface area contributed by atoms with Crippen LogP contribution < -0.4 is 5.32 Å². The van der Waals surface area contributed by atoms with E-state index in [1.54, 1.807) is 4.90 Å². The maximum absolute atomic E-state index is 11.4. The average molecular weight is 241 g/mol. The second-order valence-electron chi connectivity index (χ2n) is 5.42. The van der Waals surface area contributed by atoms with Gasteiger partial charge in [0.2, 0.25) is 5.91 Å². The van der Waals surface area contributed by atoms with Gasteiger partial charge in [-0.25, -0.2) is 0 Å². The summed E-state index contributed by atoms with van der Waals surface area (Å²) in [5, 5.41) is 3.49. The quantitative estimate of drug-likeness (QED) is 0.773. The molecule has 100 valence electrons. The molecule has 1 unspecified atom stereocenters. The molecule has 1 fully saturated rings. The van der Waals surface area contributed by atoms with Crippen LogP contribution in [0.5, 0.6) is 0 Å². The third kappa shape index (κ3) is 5.04. The minimum Gasteiger partial charge on any atom is -0.349 e. The molecule has 0 saturated carbocycles. The first kappa shape index (κ1) is 14.5. The molecule has 1 atom stereocenters. The van der Waals surface area contributed by atoms with Gasteiger partial charge >= 0.3 is 0 Å². The Hall–Kier alpha value is -0.610. The van der Waals surface area contributed by atoms with Gasteiger partial charge in [0, 0.05) is 33.1 Å². The second-order valence-corrected chi connectivity index (χ2v) is 5.42. The highest BCUT2D eigenvalue weighted by molar-refractivity contribution is 5.75. The molecular weight excluding hydrogens is 214 g/mol. The second kappa shape index (κ2) is 6.97. The third-order valence-electron chi connectivity index (χ3n) is 3.77. The molecule has 0 bridgehead atoms. The number of likely N-dealkylation sites (tertiary alicyclic amines) is 1. The molecule has 0 aromatic rings. The Morgan fingerprint density at radius 1 is 1.41 bits per heavy atom. The minimum atomic E-state index is 0.202. The maximum Gasteiger partial charge on any atom is 0.223 e. The van der Waals surface area contributed by atoms with Crippen molar-refractivity contribution in [3.05, 3.63) is 0 Å². The SMILES string of the molecule is CC(NCCC(=O)N(C)C)C1CCN(C)CC1. The fraction of sp³-hybridized carbons (Fsp3) is 0.923. The number of hydrogen-bond donors (Lipinski definition) is 1. The number of carbonyl (C=O) groups is 1. The van der Waals surface area contributed by atoms with Crippen molar-refractivity contribution >= 4 is 5.91 Å². The number of piperidine rings is 1. The van der Waals surface area contributed by atoms with Crippen LogP contribution in [0.15, 0.2) is 0 Å². The van der Waals surface area contributed by atoms with E-state index >= 15 is 0 Å². The first-order valence-electron chi connectivity index (χ1n) is 6.62. The minimum absolute atomic E-state index is 0.202. The molecule has 1 aliphatic heterocycles. The van der Waals surface area contributed by atoms with Crippen LogP contribution in [-0.2, 0) is 4.79 Å². The molecule has 4 heteroatoms. The van der Waals surface area contributed by atoms with Gasteiger partial charge in [0.1, 0.15) is 0 Å². The van der Waals surface area contributed by atoms with Crippen molar-refractivity contribution in [1.29, 1.82) is 0 Å². The lowest BCUT2D eigenvalue weighted by molar-refractivity contribution is -0.128. The number of nitrogens with zero attached hydrogens (tertiary/aromatic N) is 2. The van der Waals surface area contributed by atoms with Crippen LogP contribution in [0, 0.1) is 5.92 Å². The Labute approximate surface area is 105 Å². The molecular formula is C13H27N3O. The van der Waals surface area contributed by atoms with Crippen molar-refractivity contribution in [3.8, 4) is 0 Å². The van der Waals surface area contributed by atoms with Gasteiger partial charge in [0.15, 0.2) is 0 Å². The topological polar surface area (TPSA) is 35.6 Å². The van der Waals surface area contributed by atoms with Crippen molar-refractivity contribution in [2.75, 3.05) is 40.8 Å². The summed E-state index contributed by atoms with van der Waals surface area (Å²) in [6, 6.07) is 0.527. The monoisotopic (exact) mass is 241 g/mol. The van der Waals surface area contributed by atoms with Gasteiger partial charge in [-0.1, -0.05) is 0 Å². The molecule has 17 heavy (non-hydrogen) atoms. The highest BCUT2D eigenvalue weighted by atomic mass is 16.2. The Morgan fingerprint density at radius 3 is 2.53 bits per heavy atom. The van der Waals surface area contributed by atoms with Crippen LogP contribution in [0.1, 0.15) is 26.2 Å². The van der Waals surface area contributed by atoms with Crippen molar-refractivity contribution in [2.45, 2.75) is 32.2 Å². The van der Waals surface area contributed by atoms with Gasteiger partial charge in [-0.15, -0.1) is 0 Å². The number of amides is 1. The van der Waals surface area contributed by atoms with Crippen LogP contribution in [0.25, 0.3) is 0 Å². The van der Waals surface area contributed by atoms with Crippen LogP contribution >= 0.6 is 0 Å². The highest BCUT2D eigenvalue weighted by Crippen LogP contribution is 2.19. The summed E-state index contributed by atoms with van der Waals surface area (Å²) < 4.78 is 0. The molecule has 1 saturated heterocycles. The highest BCUT2D eigenvalue weighted by Gasteiger charge is 2.21. The lowest BCUT2D eigenvalue weighted by Gasteiger charge is -2.33. The molecule has 1 amide bonds. The summed E-state index contributed by atoms with van der Waals surface area (Å²) in [7, 11) is 5.80. The molecule has 1 rings (SSSR count). The number of hydrogen-bond acceptors (Lipinski definition) is 3. The van der Waals surface area contributed by atoms with Gasteiger partial charge < -0.3 is 15.1 Å². The summed E-state index contributed by atoms with van der Waals surface area (Å²) in [6.45, 7) is 5.45. The van der Waals surface area contributed by atoms with E-state index in [9.17, 15) is 4.79 Å². The van der Waals surface area contributed by atoms with Gasteiger partial charge in [0.05, 0.1) is 0 Å². The Balaban J connectivity index is 2.16. The molecule has 0 aromatic heterocycles. The summed E-state index contributed by atoms with van der Waals surface area (Å²) in [6.07, 6.45) is 3.14. The number of rotatable bonds is 5. The average Bonchev–Trinajstić information content (AvgIpc) is 2.29. The van der Waals surface area contributed by atoms with Crippen LogP contribution in [-0.4, -0.2) is 62.5 Å². The van der Waals surface area contributed by atoms with E-state index in [4.69, 9.17) is 0 Å². The zero-order valence-corrected chi connectivity index (χ0v) is 11.7. The van der Waals surface area contributed by atoms with E-state index < -0.39 is 0 Å². The molecule has 1 N–H and O–H groups in total. The number of nitrogens with one attached hydrogen (secondary N) is 1. The normalized spacial score (nSPS) is 20.2. The fourth-order valence-electron chi connectivity index (χ4n) is 2.33. The van der Waals surface area contributed by atoms with Gasteiger partial charge in [-0.05, 0) is 45.8 Å². The number of carbonyl (C=O) groups excluding carboxylic acids is 1. The maximum atomic E-state index is 11.4. The Kier molecular flexibility index (Phi) is 5.92. The smallest absolute Gasteiger partial charge is 0.223 e. The largest absolute Gasteiger partial charge is 0.349 e. The molecule has 4 nitrogen and oxygen atoms in total. The standard InChI is InChI=1S/C13H27N3O/c1-11(12-6-9-16(4)10-7-12)14-8-5-13(17)15(2)3/h11-12,14H,5-10H2,1-4H3. The molecule has 0 radical (unpaired) electrons. The van der Waals surface area contributed by atoms with Crippen molar-refractivity contribution in [2.24, 2.45) is 5.92 Å². The predicted molar refractivity (Wildman–Crippen MR) is 71.0 cm³/mol. The van der Waals surface area contributed by atoms with E-state index in [1.165, 1.54) is 25.9 Å². The van der Waals surface area contributed by atoms with Gasteiger partial charge in [0.25, 0.3) is 0 Å². The summed E-state index contributed by atoms with van der Waals surface area (Å²) >= 11 is 0. The molecule has 0 aromatic carbocycles. The van der Waals surface area contributed by atoms with Crippen LogP contribution in [0.3, 0.4) is 0 Å². The first-order chi connectivity index (χ1) is 8.00. The molecule has 0 aliphatic carbocycles. The zero-order valence-electron chi connectivity index (χ0n) is 11.7. The lowest BCUT2D eigenvalue weighted by atomic mass is 9.90. The predicted octanol–water partition coefficient (Wildman–Crippen LogP) is 0.785. The summed E-state index contributed by atoms with van der Waals surface area (Å²) in [5.74, 6) is 0.966. The summed E-state index contributed by atoms with van der Waals surface area (Å²) in [5.41, 5.74) is 0. The Morgan fingerprint density at radius 2 is 2.00 bits per heavy atom. The van der Waals surface area contributed by atoms with Crippen LogP contribution in [0.4, 0.5) is 0 Å². The fourth-order valence-corrected chi connectivity index (χ4v) is 2.33. The van der Waals surface area contributed by atoms with Gasteiger partial charge in [-0.3, -0.25) is 4.79 Å². The first-order valence-corrected chi connectivity index (χ1v) is 6.62. The molecule has 0 spiro atoms. The lowest BCUT2D eigenvalue weighted by Crippen LogP contribution is -2.41. The third-order valence-corrected chi connectivity index (χ3v) is 3.77. The van der Waals surface area contributed by atoms with Gasteiger partial charge in [-0.2, -0.15) is 0 Å². The van der Waals surface area contributed by atoms with E-state index in [1.807, 2.05) is 14.1 Å². The van der Waals surface area contributed by atoms with Crippen molar-refractivity contribution in [1.82, 2.24) is 15.1 Å². The summed E-state index contributed by atoms with van der Waals surface area (Å²) in [4.78, 5) is 15.5. The zero-order chi connectivity index (χ0) is 12.8. The van der Waals surface area contributed by atoms with Crippen molar-refractivity contribution < 1.29 is 4.79 Å². The van der Waals surface area contributed by atoms with E-state index in [2.05, 4.69) is 24.2 Å². The van der Waals surface area contributed by atoms with E-state index in [0.29, 0.717) is 12.5 Å². The van der Waals surface area contributed by atoms with Crippen molar-refractivity contribution in [3.63, 3.8) is 0 Å². The van der Waals surface area contributed by atoms with E-state index in [0.717, 1.165) is 12.5 Å². The van der Waals surface area contributed by atoms with Crippen LogP contribution in [0.2, 0.25) is 0 Å². The molecule has 1 aliphatic rings. The van der Waals surface area contributed by atoms with E-state index in [-0.39, 0.29) is 5.91 Å².